The molecule has 0 radical (unpaired) electrons. The molecule has 0 aliphatic carbocycles. The number of alkyl halides is 3. The normalized spacial score (nSPS) is 11.6. The Balaban J connectivity index is 1.57. The maximum Gasteiger partial charge on any atom is 0.389 e. The number of Topliss-reactive ketones (excluding diaryl/α,β-unsaturated/α-hetero) is 1. The van der Waals surface area contributed by atoms with Crippen LogP contribution in [0.1, 0.15) is 18.4 Å². The fraction of sp³-hybridized carbons (Fsp3) is 0.217. The lowest BCUT2D eigenvalue weighted by atomic mass is 10.0. The van der Waals surface area contributed by atoms with Crippen LogP contribution in [0, 0.1) is 0 Å². The second-order valence-corrected chi connectivity index (χ2v) is 7.36. The first kappa shape index (κ1) is 21.5. The fourth-order valence-electron chi connectivity index (χ4n) is 3.44. The van der Waals surface area contributed by atoms with Crippen molar-refractivity contribution in [3.63, 3.8) is 0 Å². The molecule has 3 heterocycles. The van der Waals surface area contributed by atoms with Gasteiger partial charge in [-0.2, -0.15) is 13.2 Å². The van der Waals surface area contributed by atoms with E-state index < -0.39 is 24.8 Å². The first-order chi connectivity index (χ1) is 15.3. The molecule has 0 spiro atoms. The van der Waals surface area contributed by atoms with Gasteiger partial charge in [-0.15, -0.1) is 0 Å². The number of nitrogens with zero attached hydrogens (tertiary/aromatic N) is 4. The van der Waals surface area contributed by atoms with E-state index >= 15 is 0 Å². The molecule has 0 aliphatic rings. The smallest absolute Gasteiger partial charge is 0.373 e. The van der Waals surface area contributed by atoms with E-state index in [-0.39, 0.29) is 6.42 Å². The van der Waals surface area contributed by atoms with Gasteiger partial charge in [-0.05, 0) is 23.8 Å². The summed E-state index contributed by atoms with van der Waals surface area (Å²) in [6.07, 6.45) is -0.866. The zero-order chi connectivity index (χ0) is 22.7. The van der Waals surface area contributed by atoms with Crippen LogP contribution in [0.5, 0.6) is 0 Å². The zero-order valence-corrected chi connectivity index (χ0v) is 17.2. The van der Waals surface area contributed by atoms with Gasteiger partial charge in [0.25, 0.3) is 0 Å². The van der Waals surface area contributed by atoms with Crippen LogP contribution in [0.15, 0.2) is 61.2 Å². The third-order valence-electron chi connectivity index (χ3n) is 5.04. The average molecular weight is 439 g/mol. The number of anilines is 1. The van der Waals surface area contributed by atoms with Crippen molar-refractivity contribution in [3.05, 3.63) is 66.7 Å². The number of hydrogen-bond acceptors (Lipinski definition) is 5. The average Bonchev–Trinajstić information content (AvgIpc) is 3.21. The first-order valence-electron chi connectivity index (χ1n) is 9.97. The lowest BCUT2D eigenvalue weighted by Gasteiger charge is -2.08. The Hall–Kier alpha value is -3.75. The number of fused-ring (bicyclic) bond motifs is 1. The number of nitrogens with one attached hydrogen (secondary N) is 1. The van der Waals surface area contributed by atoms with Gasteiger partial charge in [0.05, 0.1) is 24.0 Å². The Morgan fingerprint density at radius 2 is 1.91 bits per heavy atom. The van der Waals surface area contributed by atoms with Crippen LogP contribution >= 0.6 is 0 Å². The summed E-state index contributed by atoms with van der Waals surface area (Å²) in [6.45, 7) is 0. The number of aromatic nitrogens is 4. The van der Waals surface area contributed by atoms with E-state index in [4.69, 9.17) is 0 Å². The number of halogens is 3. The van der Waals surface area contributed by atoms with Gasteiger partial charge in [-0.25, -0.2) is 15.0 Å². The summed E-state index contributed by atoms with van der Waals surface area (Å²) in [7, 11) is 1.79. The summed E-state index contributed by atoms with van der Waals surface area (Å²) in [5, 5.41) is 2.98. The molecule has 3 aromatic heterocycles. The highest BCUT2D eigenvalue weighted by atomic mass is 19.4. The number of pyridine rings is 1. The minimum absolute atomic E-state index is 0.0354. The topological polar surface area (TPSA) is 72.2 Å². The van der Waals surface area contributed by atoms with Crippen LogP contribution in [0.2, 0.25) is 0 Å². The minimum Gasteiger partial charge on any atom is -0.373 e. The lowest BCUT2D eigenvalue weighted by Crippen LogP contribution is -2.12. The highest BCUT2D eigenvalue weighted by molar-refractivity contribution is 5.81. The quantitative estimate of drug-likeness (QED) is 0.441. The molecule has 0 saturated carbocycles. The van der Waals surface area contributed by atoms with Gasteiger partial charge in [0.1, 0.15) is 23.6 Å². The largest absolute Gasteiger partial charge is 0.389 e. The molecule has 32 heavy (non-hydrogen) atoms. The number of rotatable bonds is 7. The molecule has 0 fully saturated rings. The van der Waals surface area contributed by atoms with E-state index in [0.29, 0.717) is 17.0 Å². The van der Waals surface area contributed by atoms with Crippen LogP contribution in [-0.2, 0) is 11.2 Å². The molecular weight excluding hydrogens is 419 g/mol. The Labute approximate surface area is 182 Å². The van der Waals surface area contributed by atoms with Gasteiger partial charge in [-0.3, -0.25) is 9.20 Å². The lowest BCUT2D eigenvalue weighted by molar-refractivity contribution is -0.143. The van der Waals surface area contributed by atoms with Gasteiger partial charge in [0, 0.05) is 43.3 Å². The summed E-state index contributed by atoms with van der Waals surface area (Å²) in [5.41, 5.74) is 4.67. The molecule has 0 unspecified atom stereocenters. The Morgan fingerprint density at radius 3 is 2.69 bits per heavy atom. The van der Waals surface area contributed by atoms with Crippen LogP contribution in [0.4, 0.5) is 19.0 Å². The van der Waals surface area contributed by atoms with E-state index in [1.165, 1.54) is 6.33 Å². The highest BCUT2D eigenvalue weighted by Gasteiger charge is 2.27. The van der Waals surface area contributed by atoms with Crippen LogP contribution < -0.4 is 5.32 Å². The van der Waals surface area contributed by atoms with Crippen molar-refractivity contribution in [3.8, 4) is 22.5 Å². The van der Waals surface area contributed by atoms with E-state index in [0.717, 1.165) is 22.5 Å². The van der Waals surface area contributed by atoms with Crippen molar-refractivity contribution in [1.29, 1.82) is 0 Å². The number of carbonyl (C=O) groups is 1. The van der Waals surface area contributed by atoms with Crippen LogP contribution in [0.3, 0.4) is 0 Å². The van der Waals surface area contributed by atoms with E-state index in [2.05, 4.69) is 20.3 Å². The molecule has 1 aromatic carbocycles. The Morgan fingerprint density at radius 1 is 1.06 bits per heavy atom. The van der Waals surface area contributed by atoms with Crippen LogP contribution in [0.25, 0.3) is 28.2 Å². The summed E-state index contributed by atoms with van der Waals surface area (Å²) >= 11 is 0. The molecule has 4 aromatic rings. The number of carbonyl (C=O) groups excluding carboxylic acids is 1. The van der Waals surface area contributed by atoms with Gasteiger partial charge in [0.2, 0.25) is 0 Å². The number of imidazole rings is 1. The third-order valence-corrected chi connectivity index (χ3v) is 5.04. The van der Waals surface area contributed by atoms with Crippen molar-refractivity contribution < 1.29 is 18.0 Å². The summed E-state index contributed by atoms with van der Waals surface area (Å²) in [5.74, 6) is 0.272. The maximum absolute atomic E-state index is 12.4. The molecule has 9 heteroatoms. The molecule has 6 nitrogen and oxygen atoms in total. The second kappa shape index (κ2) is 8.78. The number of ketones is 1. The van der Waals surface area contributed by atoms with Gasteiger partial charge < -0.3 is 5.32 Å². The summed E-state index contributed by atoms with van der Waals surface area (Å²) in [6, 6.07) is 12.9. The number of benzene rings is 1. The van der Waals surface area contributed by atoms with Crippen molar-refractivity contribution in [2.75, 3.05) is 12.4 Å². The molecule has 4 rings (SSSR count). The zero-order valence-electron chi connectivity index (χ0n) is 17.2. The predicted octanol–water partition coefficient (Wildman–Crippen LogP) is 4.95. The van der Waals surface area contributed by atoms with Crippen molar-refractivity contribution in [1.82, 2.24) is 19.4 Å². The SMILES string of the molecule is CNc1cc(-c2ccn3c(-c4cccc(CC(=O)CCC(F)(F)F)c4)cnc3c2)ncn1. The summed E-state index contributed by atoms with van der Waals surface area (Å²) in [4.78, 5) is 24.9. The van der Waals surface area contributed by atoms with Crippen molar-refractivity contribution >= 4 is 17.2 Å². The van der Waals surface area contributed by atoms with Crippen LogP contribution in [-0.4, -0.2) is 38.4 Å². The number of hydrogen-bond donors (Lipinski definition) is 1. The molecule has 1 N–H and O–H groups in total. The standard InChI is InChI=1S/C23H20F3N5O/c1-27-21-12-19(29-14-30-21)16-6-8-31-20(13-28-22(31)11-16)17-4-2-3-15(9-17)10-18(32)5-7-23(24,25)26/h2-4,6,8-9,11-14H,5,7,10H2,1H3,(H,27,29,30). The summed E-state index contributed by atoms with van der Waals surface area (Å²) < 4.78 is 39.0. The molecule has 0 amide bonds. The van der Waals surface area contributed by atoms with Gasteiger partial charge >= 0.3 is 6.18 Å². The third kappa shape index (κ3) is 4.93. The van der Waals surface area contributed by atoms with Gasteiger partial charge in [-0.1, -0.05) is 18.2 Å². The Kier molecular flexibility index (Phi) is 5.89. The maximum atomic E-state index is 12.4. The monoisotopic (exact) mass is 439 g/mol. The molecule has 0 atom stereocenters. The van der Waals surface area contributed by atoms with Crippen molar-refractivity contribution in [2.45, 2.75) is 25.4 Å². The first-order valence-corrected chi connectivity index (χ1v) is 9.97. The van der Waals surface area contributed by atoms with Gasteiger partial charge in [0.15, 0.2) is 0 Å². The molecule has 164 valence electrons. The molecular formula is C23H20F3N5O. The molecule has 0 bridgehead atoms. The van der Waals surface area contributed by atoms with E-state index in [1.807, 2.05) is 40.9 Å². The minimum atomic E-state index is -4.33. The van der Waals surface area contributed by atoms with Crippen molar-refractivity contribution in [2.24, 2.45) is 0 Å². The highest BCUT2D eigenvalue weighted by Crippen LogP contribution is 2.26. The Bertz CT molecular complexity index is 1270. The molecule has 0 saturated heterocycles. The molecule has 0 aliphatic heterocycles. The second-order valence-electron chi connectivity index (χ2n) is 7.36. The fourth-order valence-corrected chi connectivity index (χ4v) is 3.44. The van der Waals surface area contributed by atoms with E-state index in [9.17, 15) is 18.0 Å². The van der Waals surface area contributed by atoms with E-state index in [1.54, 1.807) is 25.4 Å². The predicted molar refractivity (Wildman–Crippen MR) is 115 cm³/mol.